The highest BCUT2D eigenvalue weighted by Gasteiger charge is 2.23. The van der Waals surface area contributed by atoms with Crippen LogP contribution in [0.5, 0.6) is 0 Å². The molecule has 0 aliphatic rings. The lowest BCUT2D eigenvalue weighted by molar-refractivity contribution is -0.133. The Kier molecular flexibility index (Phi) is 9.01. The van der Waals surface area contributed by atoms with Gasteiger partial charge >= 0.3 is 6.03 Å². The minimum absolute atomic E-state index is 0.0354. The monoisotopic (exact) mass is 401 g/mol. The molecule has 28 heavy (non-hydrogen) atoms. The van der Waals surface area contributed by atoms with Gasteiger partial charge in [0.05, 0.1) is 6.54 Å². The summed E-state index contributed by atoms with van der Waals surface area (Å²) in [6.07, 6.45) is 0.965. The molecule has 0 bridgehead atoms. The van der Waals surface area contributed by atoms with Gasteiger partial charge in [-0.05, 0) is 29.9 Å². The summed E-state index contributed by atoms with van der Waals surface area (Å²) in [7, 11) is 0. The Morgan fingerprint density at radius 2 is 1.79 bits per heavy atom. The number of thiophene rings is 1. The first-order valence-corrected chi connectivity index (χ1v) is 10.8. The summed E-state index contributed by atoms with van der Waals surface area (Å²) in [6.45, 7) is 8.39. The zero-order valence-corrected chi connectivity index (χ0v) is 17.9. The van der Waals surface area contributed by atoms with E-state index >= 15 is 0 Å². The van der Waals surface area contributed by atoms with E-state index in [-0.39, 0.29) is 18.5 Å². The van der Waals surface area contributed by atoms with Crippen molar-refractivity contribution in [3.05, 3.63) is 58.3 Å². The van der Waals surface area contributed by atoms with E-state index in [1.807, 2.05) is 59.7 Å². The predicted molar refractivity (Wildman–Crippen MR) is 115 cm³/mol. The molecule has 1 aromatic carbocycles. The summed E-state index contributed by atoms with van der Waals surface area (Å²) < 4.78 is 0. The van der Waals surface area contributed by atoms with E-state index in [0.29, 0.717) is 32.1 Å². The zero-order chi connectivity index (χ0) is 20.4. The van der Waals surface area contributed by atoms with Crippen molar-refractivity contribution in [3.8, 4) is 0 Å². The zero-order valence-electron chi connectivity index (χ0n) is 17.1. The molecule has 1 N–H and O–H groups in total. The second-order valence-corrected chi connectivity index (χ2v) is 8.08. The maximum Gasteiger partial charge on any atom is 0.317 e. The van der Waals surface area contributed by atoms with Gasteiger partial charge in [0, 0.05) is 24.5 Å². The molecule has 0 radical (unpaired) electrons. The van der Waals surface area contributed by atoms with Crippen molar-refractivity contribution in [2.45, 2.75) is 40.3 Å². The number of nitrogens with one attached hydrogen (secondary N) is 1. The highest BCUT2D eigenvalue weighted by molar-refractivity contribution is 7.09. The highest BCUT2D eigenvalue weighted by Crippen LogP contribution is 2.15. The molecule has 2 rings (SSSR count). The van der Waals surface area contributed by atoms with Crippen LogP contribution in [0.3, 0.4) is 0 Å². The van der Waals surface area contributed by atoms with Gasteiger partial charge in [0.2, 0.25) is 5.91 Å². The minimum Gasteiger partial charge on any atom is -0.338 e. The molecule has 0 spiro atoms. The number of urea groups is 1. The summed E-state index contributed by atoms with van der Waals surface area (Å²) >= 11 is 1.64. The first-order chi connectivity index (χ1) is 13.5. The van der Waals surface area contributed by atoms with E-state index in [9.17, 15) is 9.59 Å². The smallest absolute Gasteiger partial charge is 0.317 e. The van der Waals surface area contributed by atoms with Crippen LogP contribution in [0.15, 0.2) is 47.8 Å². The quantitative estimate of drug-likeness (QED) is 0.643. The van der Waals surface area contributed by atoms with E-state index in [1.165, 1.54) is 0 Å². The van der Waals surface area contributed by atoms with Crippen molar-refractivity contribution in [2.24, 2.45) is 5.92 Å². The number of amides is 3. The number of rotatable bonds is 10. The Bertz CT molecular complexity index is 719. The second-order valence-electron chi connectivity index (χ2n) is 7.04. The van der Waals surface area contributed by atoms with Gasteiger partial charge in [-0.3, -0.25) is 4.79 Å². The van der Waals surface area contributed by atoms with Crippen LogP contribution in [0.4, 0.5) is 4.79 Å². The van der Waals surface area contributed by atoms with Gasteiger partial charge in [-0.2, -0.15) is 0 Å². The molecule has 1 unspecified atom stereocenters. The predicted octanol–water partition coefficient (Wildman–Crippen LogP) is 4.35. The van der Waals surface area contributed by atoms with E-state index in [2.05, 4.69) is 19.2 Å². The van der Waals surface area contributed by atoms with E-state index in [1.54, 1.807) is 16.2 Å². The molecule has 0 fully saturated rings. The third-order valence-corrected chi connectivity index (χ3v) is 5.53. The number of carbonyl (C=O) groups is 2. The fourth-order valence-electron chi connectivity index (χ4n) is 2.88. The molecule has 6 heteroatoms. The number of carbonyl (C=O) groups excluding carboxylic acids is 2. The third kappa shape index (κ3) is 7.00. The van der Waals surface area contributed by atoms with Crippen molar-refractivity contribution >= 4 is 23.3 Å². The molecule has 1 atom stereocenters. The highest BCUT2D eigenvalue weighted by atomic mass is 32.1. The lowest BCUT2D eigenvalue weighted by Gasteiger charge is -2.29. The van der Waals surface area contributed by atoms with E-state index in [0.717, 1.165) is 16.9 Å². The van der Waals surface area contributed by atoms with Crippen LogP contribution in [-0.2, 0) is 17.9 Å². The van der Waals surface area contributed by atoms with Crippen LogP contribution in [-0.4, -0.2) is 41.4 Å². The normalized spacial score (nSPS) is 11.7. The van der Waals surface area contributed by atoms with Crippen molar-refractivity contribution < 1.29 is 9.59 Å². The average Bonchev–Trinajstić information content (AvgIpc) is 3.21. The molecular weight excluding hydrogens is 370 g/mol. The lowest BCUT2D eigenvalue weighted by atomic mass is 10.1. The SMILES string of the molecule is CCNC(=O)N(CC(=O)N(Cc1ccccc1)Cc1cccs1)CC(C)CC. The van der Waals surface area contributed by atoms with E-state index < -0.39 is 0 Å². The van der Waals surface area contributed by atoms with Crippen LogP contribution in [0.25, 0.3) is 0 Å². The van der Waals surface area contributed by atoms with Crippen LogP contribution in [0.2, 0.25) is 0 Å². The van der Waals surface area contributed by atoms with Crippen LogP contribution in [0.1, 0.15) is 37.6 Å². The third-order valence-electron chi connectivity index (χ3n) is 4.67. The Balaban J connectivity index is 2.14. The number of nitrogens with zero attached hydrogens (tertiary/aromatic N) is 2. The van der Waals surface area contributed by atoms with Gasteiger partial charge in [-0.1, -0.05) is 56.7 Å². The molecule has 0 aliphatic heterocycles. The summed E-state index contributed by atoms with van der Waals surface area (Å²) in [5.74, 6) is 0.307. The molecule has 0 saturated carbocycles. The second kappa shape index (κ2) is 11.5. The van der Waals surface area contributed by atoms with Gasteiger partial charge < -0.3 is 15.1 Å². The Morgan fingerprint density at radius 3 is 2.39 bits per heavy atom. The summed E-state index contributed by atoms with van der Waals surface area (Å²) in [4.78, 5) is 30.3. The number of hydrogen-bond acceptors (Lipinski definition) is 3. The van der Waals surface area contributed by atoms with Crippen molar-refractivity contribution in [2.75, 3.05) is 19.6 Å². The number of benzene rings is 1. The summed E-state index contributed by atoms with van der Waals surface area (Å²) in [5, 5.41) is 4.85. The van der Waals surface area contributed by atoms with Crippen molar-refractivity contribution in [3.63, 3.8) is 0 Å². The fraction of sp³-hybridized carbons (Fsp3) is 0.455. The van der Waals surface area contributed by atoms with Gasteiger partial charge in [0.25, 0.3) is 0 Å². The Labute approximate surface area is 172 Å². The van der Waals surface area contributed by atoms with Gasteiger partial charge in [0.15, 0.2) is 0 Å². The summed E-state index contributed by atoms with van der Waals surface area (Å²) in [5.41, 5.74) is 1.08. The Morgan fingerprint density at radius 1 is 1.04 bits per heavy atom. The van der Waals surface area contributed by atoms with Gasteiger partial charge in [-0.15, -0.1) is 11.3 Å². The van der Waals surface area contributed by atoms with Crippen LogP contribution in [0, 0.1) is 5.92 Å². The molecule has 0 saturated heterocycles. The maximum atomic E-state index is 13.2. The first kappa shape index (κ1) is 22.0. The molecular formula is C22H31N3O2S. The lowest BCUT2D eigenvalue weighted by Crippen LogP contribution is -2.47. The molecule has 1 heterocycles. The molecule has 152 valence electrons. The first-order valence-electron chi connectivity index (χ1n) is 9.90. The number of hydrogen-bond donors (Lipinski definition) is 1. The topological polar surface area (TPSA) is 52.7 Å². The molecule has 2 aromatic rings. The molecule has 1 aromatic heterocycles. The van der Waals surface area contributed by atoms with Crippen LogP contribution < -0.4 is 5.32 Å². The maximum absolute atomic E-state index is 13.2. The minimum atomic E-state index is -0.174. The molecule has 0 aliphatic carbocycles. The molecule has 3 amide bonds. The van der Waals surface area contributed by atoms with Crippen molar-refractivity contribution in [1.82, 2.24) is 15.1 Å². The Hall–Kier alpha value is -2.34. The van der Waals surface area contributed by atoms with Gasteiger partial charge in [0.1, 0.15) is 6.54 Å². The summed E-state index contributed by atoms with van der Waals surface area (Å²) in [6, 6.07) is 13.8. The standard InChI is InChI=1S/C22H31N3O2S/c1-4-18(3)14-25(22(27)23-5-2)17-21(26)24(16-20-12-9-13-28-20)15-19-10-7-6-8-11-19/h6-13,18H,4-5,14-17H2,1-3H3,(H,23,27). The van der Waals surface area contributed by atoms with Crippen molar-refractivity contribution in [1.29, 1.82) is 0 Å². The van der Waals surface area contributed by atoms with E-state index in [4.69, 9.17) is 0 Å². The largest absolute Gasteiger partial charge is 0.338 e. The average molecular weight is 402 g/mol. The molecule has 5 nitrogen and oxygen atoms in total. The van der Waals surface area contributed by atoms with Gasteiger partial charge in [-0.25, -0.2) is 4.79 Å². The van der Waals surface area contributed by atoms with Crippen LogP contribution >= 0.6 is 11.3 Å². The fourth-order valence-corrected chi connectivity index (χ4v) is 3.60.